The summed E-state index contributed by atoms with van der Waals surface area (Å²) in [6, 6.07) is 7.73. The van der Waals surface area contributed by atoms with Crippen molar-refractivity contribution in [2.24, 2.45) is 0 Å². The van der Waals surface area contributed by atoms with Crippen molar-refractivity contribution in [2.75, 3.05) is 0 Å². The molecule has 0 fully saturated rings. The van der Waals surface area contributed by atoms with E-state index in [0.717, 1.165) is 0 Å². The number of nitro groups is 1. The van der Waals surface area contributed by atoms with Gasteiger partial charge in [-0.05, 0) is 40.8 Å². The number of nitrogens with zero attached hydrogens (tertiary/aromatic N) is 2. The number of carbonyl (C=O) groups excluding carboxylic acids is 1. The second-order valence-corrected chi connectivity index (χ2v) is 4.55. The second kappa shape index (κ2) is 5.21. The predicted octanol–water partition coefficient (Wildman–Crippen LogP) is 2.83. The van der Waals surface area contributed by atoms with Crippen LogP contribution in [0.1, 0.15) is 15.9 Å². The van der Waals surface area contributed by atoms with Crippen molar-refractivity contribution in [3.8, 4) is 0 Å². The Bertz CT molecular complexity index is 614. The average molecular weight is 354 g/mol. The SMILES string of the molecule is O=C(c1cccnc1)c1cccc([N+](=O)[O-])c1I. The number of pyridine rings is 1. The van der Waals surface area contributed by atoms with Gasteiger partial charge in [-0.1, -0.05) is 6.07 Å². The Morgan fingerprint density at radius 1 is 1.28 bits per heavy atom. The molecule has 0 saturated heterocycles. The minimum absolute atomic E-state index is 0.0645. The average Bonchev–Trinajstić information content (AvgIpc) is 2.39. The maximum absolute atomic E-state index is 12.2. The van der Waals surface area contributed by atoms with Gasteiger partial charge in [0.2, 0.25) is 0 Å². The first kappa shape index (κ1) is 12.6. The van der Waals surface area contributed by atoms with Gasteiger partial charge in [-0.2, -0.15) is 0 Å². The van der Waals surface area contributed by atoms with E-state index in [9.17, 15) is 14.9 Å². The number of ketones is 1. The molecule has 0 spiro atoms. The van der Waals surface area contributed by atoms with Gasteiger partial charge in [0, 0.05) is 29.6 Å². The van der Waals surface area contributed by atoms with Crippen LogP contribution in [0.3, 0.4) is 0 Å². The fraction of sp³-hybridized carbons (Fsp3) is 0. The standard InChI is InChI=1S/C12H7IN2O3/c13-11-9(4-1-5-10(11)15(17)18)12(16)8-3-2-6-14-7-8/h1-7H. The molecule has 1 aromatic heterocycles. The second-order valence-electron chi connectivity index (χ2n) is 3.47. The van der Waals surface area contributed by atoms with E-state index < -0.39 is 4.92 Å². The number of hydrogen-bond acceptors (Lipinski definition) is 4. The highest BCUT2D eigenvalue weighted by molar-refractivity contribution is 14.1. The third-order valence-corrected chi connectivity index (χ3v) is 3.48. The van der Waals surface area contributed by atoms with Crippen LogP contribution in [0, 0.1) is 13.7 Å². The van der Waals surface area contributed by atoms with Crippen LogP contribution in [0.25, 0.3) is 0 Å². The summed E-state index contributed by atoms with van der Waals surface area (Å²) in [5.74, 6) is -0.267. The number of aromatic nitrogens is 1. The van der Waals surface area contributed by atoms with Crippen molar-refractivity contribution in [3.63, 3.8) is 0 Å². The molecule has 1 heterocycles. The van der Waals surface area contributed by atoms with E-state index in [1.165, 1.54) is 18.3 Å². The van der Waals surface area contributed by atoms with Gasteiger partial charge in [0.05, 0.1) is 4.92 Å². The summed E-state index contributed by atoms with van der Waals surface area (Å²) < 4.78 is 0.342. The van der Waals surface area contributed by atoms with E-state index in [0.29, 0.717) is 14.7 Å². The number of carbonyl (C=O) groups is 1. The summed E-state index contributed by atoms with van der Waals surface area (Å²) in [7, 11) is 0. The molecule has 0 aliphatic heterocycles. The minimum atomic E-state index is -0.498. The lowest BCUT2D eigenvalue weighted by Gasteiger charge is -2.03. The molecule has 2 aromatic rings. The van der Waals surface area contributed by atoms with Gasteiger partial charge in [-0.3, -0.25) is 19.9 Å². The van der Waals surface area contributed by atoms with Crippen LogP contribution >= 0.6 is 22.6 Å². The molecule has 0 bridgehead atoms. The van der Waals surface area contributed by atoms with E-state index in [2.05, 4.69) is 4.98 Å². The van der Waals surface area contributed by atoms with Gasteiger partial charge in [0.1, 0.15) is 3.57 Å². The number of benzene rings is 1. The van der Waals surface area contributed by atoms with Crippen LogP contribution in [-0.4, -0.2) is 15.7 Å². The first-order chi connectivity index (χ1) is 8.61. The monoisotopic (exact) mass is 354 g/mol. The molecule has 0 aliphatic rings. The topological polar surface area (TPSA) is 73.1 Å². The van der Waals surface area contributed by atoms with Crippen LogP contribution in [-0.2, 0) is 0 Å². The zero-order chi connectivity index (χ0) is 13.1. The lowest BCUT2D eigenvalue weighted by Crippen LogP contribution is -2.05. The molecule has 5 nitrogen and oxygen atoms in total. The maximum atomic E-state index is 12.2. The van der Waals surface area contributed by atoms with Gasteiger partial charge in [-0.15, -0.1) is 0 Å². The molecular formula is C12H7IN2O3. The van der Waals surface area contributed by atoms with E-state index >= 15 is 0 Å². The van der Waals surface area contributed by atoms with Crippen LogP contribution in [0.5, 0.6) is 0 Å². The Hall–Kier alpha value is -1.83. The molecular weight excluding hydrogens is 347 g/mol. The molecule has 0 saturated carbocycles. The van der Waals surface area contributed by atoms with Crippen LogP contribution in [0.15, 0.2) is 42.7 Å². The molecule has 1 aromatic carbocycles. The molecule has 0 atom stereocenters. The maximum Gasteiger partial charge on any atom is 0.283 e. The summed E-state index contributed by atoms with van der Waals surface area (Å²) in [4.78, 5) is 26.3. The van der Waals surface area contributed by atoms with Gasteiger partial charge in [-0.25, -0.2) is 0 Å². The number of halogens is 1. The van der Waals surface area contributed by atoms with Crippen LogP contribution in [0.2, 0.25) is 0 Å². The van der Waals surface area contributed by atoms with Crippen LogP contribution < -0.4 is 0 Å². The fourth-order valence-corrected chi connectivity index (χ4v) is 2.29. The molecule has 0 unspecified atom stereocenters. The lowest BCUT2D eigenvalue weighted by molar-refractivity contribution is -0.385. The quantitative estimate of drug-likeness (QED) is 0.368. The molecule has 90 valence electrons. The Kier molecular flexibility index (Phi) is 3.66. The van der Waals surface area contributed by atoms with Gasteiger partial charge < -0.3 is 0 Å². The number of nitro benzene ring substituents is 1. The van der Waals surface area contributed by atoms with Crippen molar-refractivity contribution >= 4 is 34.1 Å². The fourth-order valence-electron chi connectivity index (χ4n) is 1.49. The zero-order valence-electron chi connectivity index (χ0n) is 9.04. The van der Waals surface area contributed by atoms with Crippen molar-refractivity contribution in [3.05, 3.63) is 67.5 Å². The summed E-state index contributed by atoms with van der Waals surface area (Å²) >= 11 is 1.82. The number of hydrogen-bond donors (Lipinski definition) is 0. The highest BCUT2D eigenvalue weighted by Crippen LogP contribution is 2.25. The lowest BCUT2D eigenvalue weighted by atomic mass is 10.0. The van der Waals surface area contributed by atoms with Gasteiger partial charge >= 0.3 is 0 Å². The van der Waals surface area contributed by atoms with Crippen molar-refractivity contribution in [1.29, 1.82) is 0 Å². The highest BCUT2D eigenvalue weighted by atomic mass is 127. The minimum Gasteiger partial charge on any atom is -0.289 e. The normalized spacial score (nSPS) is 10.1. The molecule has 0 radical (unpaired) electrons. The Labute approximate surface area is 116 Å². The summed E-state index contributed by atoms with van der Waals surface area (Å²) in [6.45, 7) is 0. The molecule has 0 amide bonds. The summed E-state index contributed by atoms with van der Waals surface area (Å²) in [5, 5.41) is 10.8. The molecule has 0 N–H and O–H groups in total. The van der Waals surface area contributed by atoms with Gasteiger partial charge in [0.25, 0.3) is 5.69 Å². The van der Waals surface area contributed by atoms with Crippen molar-refractivity contribution in [1.82, 2.24) is 4.98 Å². The van der Waals surface area contributed by atoms with Gasteiger partial charge in [0.15, 0.2) is 5.78 Å². The Morgan fingerprint density at radius 3 is 2.67 bits per heavy atom. The smallest absolute Gasteiger partial charge is 0.283 e. The first-order valence-corrected chi connectivity index (χ1v) is 6.07. The Morgan fingerprint density at radius 2 is 2.06 bits per heavy atom. The third-order valence-electron chi connectivity index (χ3n) is 2.34. The molecule has 0 aliphatic carbocycles. The van der Waals surface area contributed by atoms with Crippen molar-refractivity contribution in [2.45, 2.75) is 0 Å². The summed E-state index contributed by atoms with van der Waals surface area (Å²) in [6.07, 6.45) is 3.01. The molecule has 18 heavy (non-hydrogen) atoms. The van der Waals surface area contributed by atoms with E-state index in [1.807, 2.05) is 22.6 Å². The molecule has 6 heteroatoms. The predicted molar refractivity (Wildman–Crippen MR) is 73.5 cm³/mol. The van der Waals surface area contributed by atoms with E-state index in [4.69, 9.17) is 0 Å². The number of rotatable bonds is 3. The van der Waals surface area contributed by atoms with Crippen molar-refractivity contribution < 1.29 is 9.72 Å². The molecule has 2 rings (SSSR count). The van der Waals surface area contributed by atoms with E-state index in [1.54, 1.807) is 24.4 Å². The zero-order valence-corrected chi connectivity index (χ0v) is 11.2. The highest BCUT2D eigenvalue weighted by Gasteiger charge is 2.20. The Balaban J connectivity index is 2.50. The first-order valence-electron chi connectivity index (χ1n) is 4.99. The van der Waals surface area contributed by atoms with Crippen LogP contribution in [0.4, 0.5) is 5.69 Å². The van der Waals surface area contributed by atoms with E-state index in [-0.39, 0.29) is 11.5 Å². The largest absolute Gasteiger partial charge is 0.289 e. The third kappa shape index (κ3) is 2.37. The summed E-state index contributed by atoms with van der Waals surface area (Å²) in [5.41, 5.74) is 0.666.